The monoisotopic (exact) mass is 336 g/mol. The average Bonchev–Trinajstić information content (AvgIpc) is 2.58. The number of fused-ring (bicyclic) bond motifs is 3. The number of allylic oxidation sites excluding steroid dienone is 1. The summed E-state index contributed by atoms with van der Waals surface area (Å²) in [6, 6.07) is 0. The van der Waals surface area contributed by atoms with Crippen LogP contribution in [0.4, 0.5) is 0 Å². The van der Waals surface area contributed by atoms with Crippen LogP contribution in [0.5, 0.6) is 0 Å². The minimum absolute atomic E-state index is 0.00316. The summed E-state index contributed by atoms with van der Waals surface area (Å²) in [5.74, 6) is 0.445. The van der Waals surface area contributed by atoms with Crippen LogP contribution in [0.2, 0.25) is 0 Å². The summed E-state index contributed by atoms with van der Waals surface area (Å²) in [6.07, 6.45) is 5.34. The molecule has 4 heteroatoms. The minimum Gasteiger partial charge on any atom is -0.396 e. The van der Waals surface area contributed by atoms with Crippen molar-refractivity contribution in [2.24, 2.45) is 28.6 Å². The zero-order valence-corrected chi connectivity index (χ0v) is 14.9. The van der Waals surface area contributed by atoms with E-state index in [0.29, 0.717) is 12.0 Å². The Morgan fingerprint density at radius 1 is 1.21 bits per heavy atom. The van der Waals surface area contributed by atoms with Crippen LogP contribution in [0, 0.1) is 28.6 Å². The first-order valence-electron chi connectivity index (χ1n) is 9.25. The molecule has 0 aromatic heterocycles. The summed E-state index contributed by atoms with van der Waals surface area (Å²) in [5, 5.41) is 40.8. The highest BCUT2D eigenvalue weighted by atomic mass is 16.3. The molecule has 0 saturated heterocycles. The molecular weight excluding hydrogens is 304 g/mol. The maximum absolute atomic E-state index is 10.9. The predicted molar refractivity (Wildman–Crippen MR) is 93.2 cm³/mol. The first kappa shape index (κ1) is 18.1. The predicted octanol–water partition coefficient (Wildman–Crippen LogP) is 2.03. The zero-order valence-electron chi connectivity index (χ0n) is 14.9. The van der Waals surface area contributed by atoms with Crippen molar-refractivity contribution >= 4 is 0 Å². The van der Waals surface area contributed by atoms with Crippen LogP contribution in [-0.4, -0.2) is 45.8 Å². The van der Waals surface area contributed by atoms with Gasteiger partial charge in [0.05, 0.1) is 25.4 Å². The summed E-state index contributed by atoms with van der Waals surface area (Å²) in [5.41, 5.74) is 1.32. The zero-order chi connectivity index (χ0) is 17.7. The maximum atomic E-state index is 10.9. The minimum atomic E-state index is -0.562. The van der Waals surface area contributed by atoms with E-state index in [4.69, 9.17) is 0 Å². The lowest BCUT2D eigenvalue weighted by Gasteiger charge is -2.60. The van der Waals surface area contributed by atoms with Crippen molar-refractivity contribution in [1.82, 2.24) is 0 Å². The molecule has 0 radical (unpaired) electrons. The Hall–Kier alpha value is -0.680. The van der Waals surface area contributed by atoms with Crippen LogP contribution < -0.4 is 0 Å². The van der Waals surface area contributed by atoms with Gasteiger partial charge in [-0.3, -0.25) is 0 Å². The van der Waals surface area contributed by atoms with Gasteiger partial charge in [0.2, 0.25) is 0 Å². The summed E-state index contributed by atoms with van der Waals surface area (Å²) in [7, 11) is 0. The lowest BCUT2D eigenvalue weighted by Crippen LogP contribution is -2.58. The molecule has 3 aliphatic carbocycles. The van der Waals surface area contributed by atoms with Gasteiger partial charge in [-0.25, -0.2) is 0 Å². The Balaban J connectivity index is 1.95. The third kappa shape index (κ3) is 2.42. The van der Waals surface area contributed by atoms with Gasteiger partial charge < -0.3 is 20.4 Å². The number of aliphatic hydroxyl groups is 4. The first-order valence-corrected chi connectivity index (χ1v) is 9.25. The van der Waals surface area contributed by atoms with Crippen molar-refractivity contribution in [3.05, 3.63) is 23.8 Å². The topological polar surface area (TPSA) is 80.9 Å². The fourth-order valence-electron chi connectivity index (χ4n) is 5.99. The molecule has 0 aromatic carbocycles. The van der Waals surface area contributed by atoms with Gasteiger partial charge in [-0.15, -0.1) is 0 Å². The molecule has 24 heavy (non-hydrogen) atoms. The Morgan fingerprint density at radius 3 is 2.54 bits per heavy atom. The third-order valence-electron chi connectivity index (χ3n) is 7.65. The van der Waals surface area contributed by atoms with E-state index in [1.54, 1.807) is 0 Å². The highest BCUT2D eigenvalue weighted by molar-refractivity contribution is 5.29. The Morgan fingerprint density at radius 2 is 1.92 bits per heavy atom. The molecule has 0 amide bonds. The molecule has 2 fully saturated rings. The summed E-state index contributed by atoms with van der Waals surface area (Å²) in [4.78, 5) is 0. The van der Waals surface area contributed by atoms with E-state index in [-0.39, 0.29) is 36.4 Å². The fourth-order valence-corrected chi connectivity index (χ4v) is 5.99. The second-order valence-corrected chi connectivity index (χ2v) is 8.71. The average molecular weight is 336 g/mol. The van der Waals surface area contributed by atoms with E-state index in [0.717, 1.165) is 31.3 Å². The number of rotatable bonds is 3. The Bertz CT molecular complexity index is 542. The highest BCUT2D eigenvalue weighted by Crippen LogP contribution is 2.62. The normalized spacial score (nSPS) is 48.2. The van der Waals surface area contributed by atoms with Crippen molar-refractivity contribution in [2.45, 2.75) is 58.2 Å². The molecule has 0 bridgehead atoms. The van der Waals surface area contributed by atoms with E-state index in [2.05, 4.69) is 19.6 Å². The van der Waals surface area contributed by atoms with Crippen LogP contribution in [0.15, 0.2) is 23.8 Å². The molecule has 0 heterocycles. The smallest absolute Gasteiger partial charge is 0.0819 e. The van der Waals surface area contributed by atoms with Crippen LogP contribution in [0.25, 0.3) is 0 Å². The van der Waals surface area contributed by atoms with Crippen molar-refractivity contribution in [3.63, 3.8) is 0 Å². The highest BCUT2D eigenvalue weighted by Gasteiger charge is 2.58. The molecule has 3 aliphatic rings. The van der Waals surface area contributed by atoms with Gasteiger partial charge in [0, 0.05) is 11.3 Å². The van der Waals surface area contributed by atoms with E-state index in [1.807, 2.05) is 6.92 Å². The van der Waals surface area contributed by atoms with Crippen LogP contribution in [0.1, 0.15) is 46.0 Å². The molecule has 3 rings (SSSR count). The number of hydrogen-bond donors (Lipinski definition) is 4. The van der Waals surface area contributed by atoms with Gasteiger partial charge in [0.1, 0.15) is 0 Å². The molecular formula is C20H32O4. The van der Waals surface area contributed by atoms with Crippen LogP contribution >= 0.6 is 0 Å². The standard InChI is InChI=1S/C20H32O4/c1-12(10-21)13-4-6-15-14(18(13)24)5-7-16-19(15,2)9-8-17(23)20(16,3)11-22/h5,13,15-18,21-24H,1,4,6-11H2,2-3H3/t13-,15+,16-,17-,18-,19-,20-/m1/s1. The summed E-state index contributed by atoms with van der Waals surface area (Å²) in [6.45, 7) is 8.14. The lowest BCUT2D eigenvalue weighted by molar-refractivity contribution is -0.150. The lowest BCUT2D eigenvalue weighted by atomic mass is 9.45. The molecule has 0 aromatic rings. The molecule has 0 spiro atoms. The summed E-state index contributed by atoms with van der Waals surface area (Å²) < 4.78 is 0. The molecule has 7 atom stereocenters. The van der Waals surface area contributed by atoms with Gasteiger partial charge >= 0.3 is 0 Å². The van der Waals surface area contributed by atoms with E-state index < -0.39 is 17.6 Å². The van der Waals surface area contributed by atoms with Gasteiger partial charge in [-0.05, 0) is 60.5 Å². The number of hydrogen-bond acceptors (Lipinski definition) is 4. The van der Waals surface area contributed by atoms with Gasteiger partial charge in [-0.2, -0.15) is 0 Å². The van der Waals surface area contributed by atoms with Crippen molar-refractivity contribution < 1.29 is 20.4 Å². The van der Waals surface area contributed by atoms with Gasteiger partial charge in [-0.1, -0.05) is 26.5 Å². The second kappa shape index (κ2) is 6.24. The number of aliphatic hydroxyl groups excluding tert-OH is 4. The molecule has 4 N–H and O–H groups in total. The van der Waals surface area contributed by atoms with E-state index in [1.165, 1.54) is 0 Å². The maximum Gasteiger partial charge on any atom is 0.0819 e. The SMILES string of the molecule is C=C(CO)[C@H]1CC[C@H]2C(=CC[C@@H]3[C@]2(C)CC[C@@H](O)[C@]3(C)CO)[C@@H]1O. The van der Waals surface area contributed by atoms with Crippen molar-refractivity contribution in [2.75, 3.05) is 13.2 Å². The quantitative estimate of drug-likeness (QED) is 0.595. The largest absolute Gasteiger partial charge is 0.396 e. The molecule has 0 aliphatic heterocycles. The Labute approximate surface area is 144 Å². The first-order chi connectivity index (χ1) is 11.3. The molecule has 4 nitrogen and oxygen atoms in total. The van der Waals surface area contributed by atoms with Crippen molar-refractivity contribution in [3.8, 4) is 0 Å². The van der Waals surface area contributed by atoms with E-state index in [9.17, 15) is 20.4 Å². The van der Waals surface area contributed by atoms with Gasteiger partial charge in [0.15, 0.2) is 0 Å². The van der Waals surface area contributed by atoms with Crippen molar-refractivity contribution in [1.29, 1.82) is 0 Å². The second-order valence-electron chi connectivity index (χ2n) is 8.71. The molecule has 0 unspecified atom stereocenters. The third-order valence-corrected chi connectivity index (χ3v) is 7.65. The van der Waals surface area contributed by atoms with Crippen LogP contribution in [-0.2, 0) is 0 Å². The Kier molecular flexibility index (Phi) is 4.71. The molecule has 136 valence electrons. The van der Waals surface area contributed by atoms with Gasteiger partial charge in [0.25, 0.3) is 0 Å². The summed E-state index contributed by atoms with van der Waals surface area (Å²) >= 11 is 0. The van der Waals surface area contributed by atoms with E-state index >= 15 is 0 Å². The van der Waals surface area contributed by atoms with Crippen LogP contribution in [0.3, 0.4) is 0 Å². The fraction of sp³-hybridized carbons (Fsp3) is 0.800. The molecule has 2 saturated carbocycles.